The van der Waals surface area contributed by atoms with Crippen LogP contribution >= 0.6 is 0 Å². The van der Waals surface area contributed by atoms with Crippen molar-refractivity contribution in [2.75, 3.05) is 7.11 Å². The van der Waals surface area contributed by atoms with Crippen molar-refractivity contribution < 1.29 is 9.84 Å². The number of aromatic nitrogens is 6. The second-order valence-electron chi connectivity index (χ2n) is 7.83. The van der Waals surface area contributed by atoms with E-state index in [4.69, 9.17) is 14.8 Å². The topological polar surface area (TPSA) is 126 Å². The van der Waals surface area contributed by atoms with Gasteiger partial charge in [-0.15, -0.1) is 0 Å². The molecule has 4 aromatic rings. The number of nitrogens with zero attached hydrogens (tertiary/aromatic N) is 6. The van der Waals surface area contributed by atoms with Crippen molar-refractivity contribution in [1.29, 1.82) is 5.26 Å². The molecule has 0 radical (unpaired) electrons. The minimum Gasteiger partial charge on any atom is -0.390 e. The fourth-order valence-electron chi connectivity index (χ4n) is 4.21. The molecule has 4 heterocycles. The average molecular weight is 415 g/mol. The fraction of sp³-hybridized carbons (Fsp3) is 0.318. The number of nitriles is 1. The SMILES string of the molecule is CO[C@H]1C[C@@](CC#N)(n2ccc(-c3nc(-c4cc(CO)n[nH]4)cc4ncccc34)n2)C1. The Morgan fingerprint density at radius 2 is 2.19 bits per heavy atom. The van der Waals surface area contributed by atoms with Crippen LogP contribution in [0.5, 0.6) is 0 Å². The Morgan fingerprint density at radius 3 is 2.94 bits per heavy atom. The third-order valence-corrected chi connectivity index (χ3v) is 5.94. The number of hydrogen-bond donors (Lipinski definition) is 2. The van der Waals surface area contributed by atoms with Crippen molar-refractivity contribution in [2.24, 2.45) is 0 Å². The van der Waals surface area contributed by atoms with Crippen LogP contribution in [-0.2, 0) is 16.9 Å². The number of aromatic amines is 1. The van der Waals surface area contributed by atoms with Gasteiger partial charge in [-0.2, -0.15) is 15.5 Å². The maximum Gasteiger partial charge on any atom is 0.111 e. The molecule has 5 rings (SSSR count). The van der Waals surface area contributed by atoms with E-state index in [0.29, 0.717) is 34.9 Å². The number of fused-ring (bicyclic) bond motifs is 1. The zero-order chi connectivity index (χ0) is 21.4. The highest BCUT2D eigenvalue weighted by molar-refractivity contribution is 5.93. The van der Waals surface area contributed by atoms with Gasteiger partial charge in [0.25, 0.3) is 0 Å². The Balaban J connectivity index is 1.60. The third-order valence-electron chi connectivity index (χ3n) is 5.94. The number of H-pyrrole nitrogens is 1. The first kappa shape index (κ1) is 19.4. The van der Waals surface area contributed by atoms with Crippen molar-refractivity contribution in [2.45, 2.75) is 37.5 Å². The molecule has 0 amide bonds. The monoisotopic (exact) mass is 415 g/mol. The van der Waals surface area contributed by atoms with Gasteiger partial charge in [0.15, 0.2) is 0 Å². The zero-order valence-electron chi connectivity index (χ0n) is 17.0. The van der Waals surface area contributed by atoms with Crippen LogP contribution in [-0.4, -0.2) is 48.3 Å². The fourth-order valence-corrected chi connectivity index (χ4v) is 4.21. The summed E-state index contributed by atoms with van der Waals surface area (Å²) in [5, 5.41) is 31.4. The molecule has 0 saturated heterocycles. The summed E-state index contributed by atoms with van der Waals surface area (Å²) in [6.07, 6.45) is 5.69. The number of pyridine rings is 2. The lowest BCUT2D eigenvalue weighted by Gasteiger charge is -2.45. The quantitative estimate of drug-likeness (QED) is 0.496. The Bertz CT molecular complexity index is 1280. The number of ether oxygens (including phenoxy) is 1. The highest BCUT2D eigenvalue weighted by atomic mass is 16.5. The summed E-state index contributed by atoms with van der Waals surface area (Å²) in [6, 6.07) is 11.7. The van der Waals surface area contributed by atoms with Gasteiger partial charge in [0.1, 0.15) is 11.4 Å². The molecule has 4 aromatic heterocycles. The van der Waals surface area contributed by atoms with Crippen molar-refractivity contribution in [1.82, 2.24) is 29.9 Å². The normalized spacial score (nSPS) is 20.5. The minimum atomic E-state index is -0.348. The van der Waals surface area contributed by atoms with Crippen LogP contribution in [0.25, 0.3) is 33.7 Å². The number of aliphatic hydroxyl groups excluding tert-OH is 1. The standard InChI is InChI=1S/C22H21N7O2/c1-31-15-11-22(12-15,5-6-23)29-8-4-17(28-29)21-16-3-2-7-24-18(16)10-19(25-21)20-9-14(13-30)26-27-20/h2-4,7-10,15,30H,5,11-13H2,1H3,(H,26,27)/t15-,22+. The first-order valence-electron chi connectivity index (χ1n) is 10.0. The summed E-state index contributed by atoms with van der Waals surface area (Å²) in [5.74, 6) is 0. The minimum absolute atomic E-state index is 0.147. The van der Waals surface area contributed by atoms with Gasteiger partial charge < -0.3 is 9.84 Å². The van der Waals surface area contributed by atoms with E-state index in [9.17, 15) is 10.4 Å². The van der Waals surface area contributed by atoms with Crippen LogP contribution in [0.4, 0.5) is 0 Å². The van der Waals surface area contributed by atoms with Crippen molar-refractivity contribution in [3.63, 3.8) is 0 Å². The molecular weight excluding hydrogens is 394 g/mol. The van der Waals surface area contributed by atoms with Crippen LogP contribution < -0.4 is 0 Å². The number of hydrogen-bond acceptors (Lipinski definition) is 7. The molecule has 1 saturated carbocycles. The average Bonchev–Trinajstić information content (AvgIpc) is 3.45. The predicted octanol–water partition coefficient (Wildman–Crippen LogP) is 2.79. The van der Waals surface area contributed by atoms with E-state index in [1.165, 1.54) is 0 Å². The van der Waals surface area contributed by atoms with Gasteiger partial charge in [-0.1, -0.05) is 0 Å². The van der Waals surface area contributed by atoms with E-state index >= 15 is 0 Å². The molecule has 2 N–H and O–H groups in total. The highest BCUT2D eigenvalue weighted by Gasteiger charge is 2.47. The molecule has 31 heavy (non-hydrogen) atoms. The van der Waals surface area contributed by atoms with E-state index in [2.05, 4.69) is 21.3 Å². The van der Waals surface area contributed by atoms with Gasteiger partial charge >= 0.3 is 0 Å². The van der Waals surface area contributed by atoms with Gasteiger partial charge in [0, 0.05) is 24.9 Å². The third kappa shape index (κ3) is 3.26. The first-order chi connectivity index (χ1) is 15.2. The van der Waals surface area contributed by atoms with E-state index in [1.807, 2.05) is 35.1 Å². The lowest BCUT2D eigenvalue weighted by Crippen LogP contribution is -2.50. The number of methoxy groups -OCH3 is 1. The Labute approximate surface area is 178 Å². The van der Waals surface area contributed by atoms with Crippen LogP contribution in [0.2, 0.25) is 0 Å². The van der Waals surface area contributed by atoms with Crippen LogP contribution in [0.1, 0.15) is 25.0 Å². The largest absolute Gasteiger partial charge is 0.390 e. The smallest absolute Gasteiger partial charge is 0.111 e. The predicted molar refractivity (Wildman–Crippen MR) is 112 cm³/mol. The maximum absolute atomic E-state index is 9.36. The van der Waals surface area contributed by atoms with E-state index in [-0.39, 0.29) is 18.2 Å². The molecule has 0 spiro atoms. The van der Waals surface area contributed by atoms with Crippen molar-refractivity contribution >= 4 is 10.9 Å². The molecular formula is C22H21N7O2. The number of rotatable bonds is 6. The second-order valence-corrected chi connectivity index (χ2v) is 7.83. The second kappa shape index (κ2) is 7.58. The van der Waals surface area contributed by atoms with Gasteiger partial charge in [0.2, 0.25) is 0 Å². The summed E-state index contributed by atoms with van der Waals surface area (Å²) >= 11 is 0. The molecule has 1 aliphatic carbocycles. The molecule has 0 atom stereocenters. The van der Waals surface area contributed by atoms with Crippen molar-refractivity contribution in [3.8, 4) is 28.8 Å². The summed E-state index contributed by atoms with van der Waals surface area (Å²) in [6.45, 7) is -0.150. The molecule has 1 fully saturated rings. The molecule has 1 aliphatic rings. The van der Waals surface area contributed by atoms with Gasteiger partial charge in [0.05, 0.1) is 53.3 Å². The maximum atomic E-state index is 9.36. The Kier molecular flexibility index (Phi) is 4.73. The van der Waals surface area contributed by atoms with Gasteiger partial charge in [-0.3, -0.25) is 14.8 Å². The molecule has 156 valence electrons. The summed E-state index contributed by atoms with van der Waals surface area (Å²) in [7, 11) is 1.70. The van der Waals surface area contributed by atoms with Crippen LogP contribution in [0.3, 0.4) is 0 Å². The van der Waals surface area contributed by atoms with Gasteiger partial charge in [-0.25, -0.2) is 4.98 Å². The zero-order valence-corrected chi connectivity index (χ0v) is 17.0. The van der Waals surface area contributed by atoms with Crippen molar-refractivity contribution in [3.05, 3.63) is 48.4 Å². The van der Waals surface area contributed by atoms with E-state index in [1.54, 1.807) is 19.4 Å². The Hall–Kier alpha value is -3.61. The van der Waals surface area contributed by atoms with Gasteiger partial charge in [-0.05, 0) is 43.2 Å². The van der Waals surface area contributed by atoms with Crippen LogP contribution in [0.15, 0.2) is 42.7 Å². The molecule has 0 aliphatic heterocycles. The van der Waals surface area contributed by atoms with E-state index in [0.717, 1.165) is 23.7 Å². The molecule has 9 heteroatoms. The lowest BCUT2D eigenvalue weighted by atomic mass is 9.72. The molecule has 0 unspecified atom stereocenters. The molecule has 0 aromatic carbocycles. The summed E-state index contributed by atoms with van der Waals surface area (Å²) in [4.78, 5) is 9.34. The molecule has 9 nitrogen and oxygen atoms in total. The summed E-state index contributed by atoms with van der Waals surface area (Å²) in [5.41, 5.74) is 3.75. The Morgan fingerprint density at radius 1 is 1.32 bits per heavy atom. The lowest BCUT2D eigenvalue weighted by molar-refractivity contribution is -0.0541. The summed E-state index contributed by atoms with van der Waals surface area (Å²) < 4.78 is 7.32. The highest BCUT2D eigenvalue weighted by Crippen LogP contribution is 2.43. The number of aliphatic hydroxyl groups is 1. The van der Waals surface area contributed by atoms with E-state index < -0.39 is 0 Å². The van der Waals surface area contributed by atoms with Crippen LogP contribution in [0, 0.1) is 11.3 Å². The molecule has 0 bridgehead atoms. The number of nitrogens with one attached hydrogen (secondary N) is 1. The first-order valence-corrected chi connectivity index (χ1v) is 10.0.